The second-order valence-corrected chi connectivity index (χ2v) is 8.41. The maximum Gasteiger partial charge on any atom is 0.267 e. The molecule has 6 N–H and O–H groups in total. The van der Waals surface area contributed by atoms with Crippen LogP contribution in [-0.4, -0.2) is 43.5 Å². The first-order valence-corrected chi connectivity index (χ1v) is 10.5. The molecule has 0 bridgehead atoms. The highest BCUT2D eigenvalue weighted by Gasteiger charge is 2.33. The SMILES string of the molecule is Cn1nc(CO)cc1-c1ccc(C#Cc2ccc(C(=O)N[C@H](C(=O)NO)C(C)(C)N)cc2)cc1. The van der Waals surface area contributed by atoms with Gasteiger partial charge >= 0.3 is 0 Å². The van der Waals surface area contributed by atoms with Crippen molar-refractivity contribution >= 4 is 11.8 Å². The van der Waals surface area contributed by atoms with E-state index in [1.54, 1.807) is 42.8 Å². The average molecular weight is 462 g/mol. The van der Waals surface area contributed by atoms with Crippen molar-refractivity contribution in [2.45, 2.75) is 32.0 Å². The van der Waals surface area contributed by atoms with E-state index in [9.17, 15) is 14.7 Å². The van der Waals surface area contributed by atoms with Crippen LogP contribution in [0.25, 0.3) is 11.3 Å². The predicted molar refractivity (Wildman–Crippen MR) is 126 cm³/mol. The van der Waals surface area contributed by atoms with Gasteiger partial charge in [-0.2, -0.15) is 5.10 Å². The lowest BCUT2D eigenvalue weighted by molar-refractivity contribution is -0.132. The van der Waals surface area contributed by atoms with Crippen LogP contribution in [0, 0.1) is 11.8 Å². The third-order valence-electron chi connectivity index (χ3n) is 5.16. The Morgan fingerprint density at radius 3 is 2.12 bits per heavy atom. The molecule has 0 saturated carbocycles. The number of rotatable bonds is 6. The van der Waals surface area contributed by atoms with E-state index in [1.165, 1.54) is 5.48 Å². The van der Waals surface area contributed by atoms with Crippen LogP contribution in [0.4, 0.5) is 0 Å². The Morgan fingerprint density at radius 1 is 1.09 bits per heavy atom. The number of benzene rings is 2. The molecule has 0 radical (unpaired) electrons. The number of nitrogens with two attached hydrogens (primary N) is 1. The number of aliphatic hydroxyl groups is 1. The van der Waals surface area contributed by atoms with E-state index in [4.69, 9.17) is 10.9 Å². The van der Waals surface area contributed by atoms with E-state index >= 15 is 0 Å². The van der Waals surface area contributed by atoms with Crippen LogP contribution < -0.4 is 16.5 Å². The smallest absolute Gasteiger partial charge is 0.267 e. The molecule has 9 heteroatoms. The van der Waals surface area contributed by atoms with Crippen molar-refractivity contribution in [1.29, 1.82) is 0 Å². The van der Waals surface area contributed by atoms with Crippen LogP contribution in [0.3, 0.4) is 0 Å². The molecule has 176 valence electrons. The first-order valence-electron chi connectivity index (χ1n) is 10.5. The van der Waals surface area contributed by atoms with Crippen molar-refractivity contribution in [3.8, 4) is 23.1 Å². The van der Waals surface area contributed by atoms with Gasteiger partial charge in [-0.05, 0) is 61.9 Å². The topological polar surface area (TPSA) is 142 Å². The fourth-order valence-corrected chi connectivity index (χ4v) is 3.32. The molecular weight excluding hydrogens is 434 g/mol. The van der Waals surface area contributed by atoms with Crippen LogP contribution in [0.15, 0.2) is 54.6 Å². The first-order chi connectivity index (χ1) is 16.1. The summed E-state index contributed by atoms with van der Waals surface area (Å²) in [5.41, 5.74) is 10.7. The summed E-state index contributed by atoms with van der Waals surface area (Å²) >= 11 is 0. The fraction of sp³-hybridized carbons (Fsp3) is 0.240. The molecular formula is C25H27N5O4. The number of hydrogen-bond donors (Lipinski definition) is 5. The van der Waals surface area contributed by atoms with E-state index in [2.05, 4.69) is 22.3 Å². The molecule has 3 rings (SSSR count). The molecule has 0 aliphatic rings. The zero-order chi connectivity index (χ0) is 24.9. The van der Waals surface area contributed by atoms with Gasteiger partial charge in [-0.25, -0.2) is 5.48 Å². The summed E-state index contributed by atoms with van der Waals surface area (Å²) in [6.07, 6.45) is 0. The summed E-state index contributed by atoms with van der Waals surface area (Å²) in [6.45, 7) is 3.03. The van der Waals surface area contributed by atoms with E-state index in [1.807, 2.05) is 37.4 Å². The number of hydrogen-bond acceptors (Lipinski definition) is 6. The summed E-state index contributed by atoms with van der Waals surface area (Å²) < 4.78 is 1.72. The highest BCUT2D eigenvalue weighted by molar-refractivity contribution is 5.97. The minimum absolute atomic E-state index is 0.110. The van der Waals surface area contributed by atoms with Gasteiger partial charge in [0.25, 0.3) is 11.8 Å². The van der Waals surface area contributed by atoms with E-state index in [0.29, 0.717) is 16.8 Å². The predicted octanol–water partition coefficient (Wildman–Crippen LogP) is 1.32. The summed E-state index contributed by atoms with van der Waals surface area (Å²) in [6, 6.07) is 15.0. The van der Waals surface area contributed by atoms with Crippen molar-refractivity contribution in [1.82, 2.24) is 20.6 Å². The molecule has 1 aromatic heterocycles. The summed E-state index contributed by atoms with van der Waals surface area (Å²) in [7, 11) is 1.82. The van der Waals surface area contributed by atoms with E-state index < -0.39 is 23.4 Å². The van der Waals surface area contributed by atoms with Crippen LogP contribution in [0.1, 0.15) is 41.0 Å². The lowest BCUT2D eigenvalue weighted by Crippen LogP contribution is -2.61. The standard InChI is InChI=1S/C25H27N5O4/c1-25(2,26)22(24(33)29-34)27-23(32)19-12-8-17(9-13-19)5-4-16-6-10-18(11-7-16)21-14-20(15-31)28-30(21)3/h6-14,22,31,34H,15,26H2,1-3H3,(H,27,32)(H,29,33)/t22-/m1/s1. The fourth-order valence-electron chi connectivity index (χ4n) is 3.32. The zero-order valence-corrected chi connectivity index (χ0v) is 19.2. The van der Waals surface area contributed by atoms with Crippen molar-refractivity contribution in [3.63, 3.8) is 0 Å². The van der Waals surface area contributed by atoms with Gasteiger partial charge in [0.1, 0.15) is 6.04 Å². The first kappa shape index (κ1) is 24.7. The van der Waals surface area contributed by atoms with Gasteiger partial charge in [-0.15, -0.1) is 0 Å². The maximum atomic E-state index is 12.5. The number of nitrogens with zero attached hydrogens (tertiary/aromatic N) is 2. The van der Waals surface area contributed by atoms with E-state index in [-0.39, 0.29) is 6.61 Å². The molecule has 0 saturated heterocycles. The lowest BCUT2D eigenvalue weighted by Gasteiger charge is -2.29. The maximum absolute atomic E-state index is 12.5. The van der Waals surface area contributed by atoms with Crippen LogP contribution in [0.5, 0.6) is 0 Å². The largest absolute Gasteiger partial charge is 0.390 e. The van der Waals surface area contributed by atoms with Crippen LogP contribution in [-0.2, 0) is 18.4 Å². The van der Waals surface area contributed by atoms with Gasteiger partial charge < -0.3 is 16.2 Å². The second kappa shape index (κ2) is 10.3. The molecule has 2 amide bonds. The Balaban J connectivity index is 1.69. The number of aliphatic hydroxyl groups excluding tert-OH is 1. The molecule has 1 heterocycles. The summed E-state index contributed by atoms with van der Waals surface area (Å²) in [5, 5.41) is 24.9. The average Bonchev–Trinajstić information content (AvgIpc) is 3.21. The second-order valence-electron chi connectivity index (χ2n) is 8.41. The number of nitrogens with one attached hydrogen (secondary N) is 2. The Morgan fingerprint density at radius 2 is 1.65 bits per heavy atom. The molecule has 2 aromatic carbocycles. The number of carbonyl (C=O) groups excluding carboxylic acids is 2. The molecule has 9 nitrogen and oxygen atoms in total. The van der Waals surface area contributed by atoms with Gasteiger partial charge in [0.2, 0.25) is 0 Å². The van der Waals surface area contributed by atoms with Crippen molar-refractivity contribution in [3.05, 3.63) is 77.0 Å². The summed E-state index contributed by atoms with van der Waals surface area (Å²) in [5.74, 6) is 4.84. The quantitative estimate of drug-likeness (QED) is 0.213. The highest BCUT2D eigenvalue weighted by Crippen LogP contribution is 2.20. The van der Waals surface area contributed by atoms with Crippen LogP contribution >= 0.6 is 0 Å². The number of hydroxylamine groups is 1. The molecule has 34 heavy (non-hydrogen) atoms. The Bertz CT molecular complexity index is 1230. The number of carbonyl (C=O) groups is 2. The normalized spacial score (nSPS) is 11.8. The molecule has 0 aliphatic heterocycles. The van der Waals surface area contributed by atoms with Gasteiger partial charge in [0.15, 0.2) is 0 Å². The molecule has 0 fully saturated rings. The minimum Gasteiger partial charge on any atom is -0.390 e. The van der Waals surface area contributed by atoms with Gasteiger partial charge in [0, 0.05) is 29.3 Å². The number of aromatic nitrogens is 2. The Labute approximate surface area is 197 Å². The molecule has 0 spiro atoms. The van der Waals surface area contributed by atoms with Gasteiger partial charge in [-0.3, -0.25) is 19.5 Å². The van der Waals surface area contributed by atoms with Gasteiger partial charge in [-0.1, -0.05) is 24.0 Å². The highest BCUT2D eigenvalue weighted by atomic mass is 16.5. The molecule has 3 aromatic rings. The van der Waals surface area contributed by atoms with Crippen molar-refractivity contribution < 1.29 is 19.9 Å². The molecule has 0 aliphatic carbocycles. The Hall–Kier alpha value is -3.97. The number of amides is 2. The molecule has 1 atom stereocenters. The Kier molecular flexibility index (Phi) is 7.48. The van der Waals surface area contributed by atoms with Crippen LogP contribution in [0.2, 0.25) is 0 Å². The summed E-state index contributed by atoms with van der Waals surface area (Å²) in [4.78, 5) is 24.4. The third kappa shape index (κ3) is 5.88. The zero-order valence-electron chi connectivity index (χ0n) is 19.2. The third-order valence-corrected chi connectivity index (χ3v) is 5.16. The minimum atomic E-state index is -1.12. The van der Waals surface area contributed by atoms with Gasteiger partial charge in [0.05, 0.1) is 18.0 Å². The monoisotopic (exact) mass is 461 g/mol. The number of aryl methyl sites for hydroxylation is 1. The van der Waals surface area contributed by atoms with Crippen molar-refractivity contribution in [2.75, 3.05) is 0 Å². The lowest BCUT2D eigenvalue weighted by atomic mass is 9.95. The van der Waals surface area contributed by atoms with E-state index in [0.717, 1.165) is 16.8 Å². The van der Waals surface area contributed by atoms with Crippen molar-refractivity contribution in [2.24, 2.45) is 12.8 Å². The molecule has 0 unspecified atom stereocenters.